The van der Waals surface area contributed by atoms with Crippen LogP contribution in [0.15, 0.2) is 11.6 Å². The molecule has 80 valence electrons. The van der Waals surface area contributed by atoms with Crippen LogP contribution in [0.4, 0.5) is 0 Å². The highest BCUT2D eigenvalue weighted by atomic mass is 35.5. The van der Waals surface area contributed by atoms with Crippen LogP contribution in [0, 0.1) is 36.5 Å². The van der Waals surface area contributed by atoms with E-state index < -0.39 is 0 Å². The molecule has 0 amide bonds. The predicted molar refractivity (Wildman–Crippen MR) is 61.8 cm³/mol. The molecule has 0 saturated heterocycles. The summed E-state index contributed by atoms with van der Waals surface area (Å²) in [7, 11) is 0. The maximum Gasteiger partial charge on any atom is 0.130 e. The Morgan fingerprint density at radius 2 is 1.94 bits per heavy atom. The fourth-order valence-electron chi connectivity index (χ4n) is 1.37. The molecule has 0 unspecified atom stereocenters. The van der Waals surface area contributed by atoms with Crippen molar-refractivity contribution in [1.82, 2.24) is 0 Å². The second-order valence-electron chi connectivity index (χ2n) is 3.35. The SMILES string of the molecule is Cc1cc(O)c(C=C(C#N)C#N)c(C)c1Cl. The Morgan fingerprint density at radius 3 is 2.44 bits per heavy atom. The molecule has 16 heavy (non-hydrogen) atoms. The number of hydrogen-bond acceptors (Lipinski definition) is 3. The molecule has 0 aromatic heterocycles. The van der Waals surface area contributed by atoms with Crippen LogP contribution in [0.2, 0.25) is 5.02 Å². The molecule has 0 saturated carbocycles. The van der Waals surface area contributed by atoms with Gasteiger partial charge < -0.3 is 5.11 Å². The largest absolute Gasteiger partial charge is 0.507 e. The average molecular weight is 233 g/mol. The topological polar surface area (TPSA) is 67.8 Å². The lowest BCUT2D eigenvalue weighted by Gasteiger charge is -2.08. The number of aromatic hydroxyl groups is 1. The molecule has 4 heteroatoms. The molecule has 0 aliphatic carbocycles. The van der Waals surface area contributed by atoms with Crippen molar-refractivity contribution >= 4 is 17.7 Å². The van der Waals surface area contributed by atoms with Crippen molar-refractivity contribution in [3.63, 3.8) is 0 Å². The van der Waals surface area contributed by atoms with E-state index in [1.807, 2.05) is 0 Å². The molecule has 0 spiro atoms. The van der Waals surface area contributed by atoms with Gasteiger partial charge in [0.25, 0.3) is 0 Å². The Hall–Kier alpha value is -1.97. The summed E-state index contributed by atoms with van der Waals surface area (Å²) in [6.45, 7) is 3.51. The second kappa shape index (κ2) is 4.70. The first-order valence-electron chi connectivity index (χ1n) is 4.51. The first kappa shape index (κ1) is 12.1. The molecule has 3 nitrogen and oxygen atoms in total. The smallest absolute Gasteiger partial charge is 0.130 e. The summed E-state index contributed by atoms with van der Waals surface area (Å²) >= 11 is 6.02. The third-order valence-corrected chi connectivity index (χ3v) is 2.82. The zero-order chi connectivity index (χ0) is 12.3. The van der Waals surface area contributed by atoms with Crippen molar-refractivity contribution < 1.29 is 5.11 Å². The summed E-state index contributed by atoms with van der Waals surface area (Å²) in [6, 6.07) is 4.98. The minimum atomic E-state index is -0.0710. The monoisotopic (exact) mass is 232 g/mol. The fourth-order valence-corrected chi connectivity index (χ4v) is 1.52. The number of nitriles is 2. The van der Waals surface area contributed by atoms with Gasteiger partial charge in [0.05, 0.1) is 0 Å². The van der Waals surface area contributed by atoms with Crippen LogP contribution < -0.4 is 0 Å². The van der Waals surface area contributed by atoms with Crippen LogP contribution in [0.1, 0.15) is 16.7 Å². The molecule has 1 aromatic rings. The number of aryl methyl sites for hydroxylation is 1. The number of nitrogens with zero attached hydrogens (tertiary/aromatic N) is 2. The van der Waals surface area contributed by atoms with E-state index in [9.17, 15) is 5.11 Å². The van der Waals surface area contributed by atoms with Crippen molar-refractivity contribution in [3.05, 3.63) is 33.4 Å². The molecule has 1 aromatic carbocycles. The Balaban J connectivity index is 3.49. The summed E-state index contributed by atoms with van der Waals surface area (Å²) in [6.07, 6.45) is 1.33. The summed E-state index contributed by atoms with van der Waals surface area (Å²) in [4.78, 5) is 0. The highest BCUT2D eigenvalue weighted by Gasteiger charge is 2.10. The normalized spacial score (nSPS) is 9.06. The number of benzene rings is 1. The van der Waals surface area contributed by atoms with E-state index in [1.54, 1.807) is 26.0 Å². The van der Waals surface area contributed by atoms with Gasteiger partial charge in [-0.15, -0.1) is 0 Å². The van der Waals surface area contributed by atoms with Crippen molar-refractivity contribution in [2.75, 3.05) is 0 Å². The average Bonchev–Trinajstić information content (AvgIpc) is 2.27. The molecule has 1 N–H and O–H groups in total. The molecule has 0 atom stereocenters. The van der Waals surface area contributed by atoms with Gasteiger partial charge in [-0.2, -0.15) is 10.5 Å². The van der Waals surface area contributed by atoms with Gasteiger partial charge in [0.1, 0.15) is 23.5 Å². The highest BCUT2D eigenvalue weighted by molar-refractivity contribution is 6.32. The third kappa shape index (κ3) is 2.16. The van der Waals surface area contributed by atoms with E-state index >= 15 is 0 Å². The van der Waals surface area contributed by atoms with Gasteiger partial charge in [-0.1, -0.05) is 11.6 Å². The lowest BCUT2D eigenvalue weighted by atomic mass is 10.0. The van der Waals surface area contributed by atoms with Crippen molar-refractivity contribution in [2.45, 2.75) is 13.8 Å². The Kier molecular flexibility index (Phi) is 3.55. The molecule has 0 radical (unpaired) electrons. The van der Waals surface area contributed by atoms with E-state index in [4.69, 9.17) is 22.1 Å². The van der Waals surface area contributed by atoms with Crippen molar-refractivity contribution in [1.29, 1.82) is 10.5 Å². The van der Waals surface area contributed by atoms with E-state index in [0.29, 0.717) is 16.1 Å². The van der Waals surface area contributed by atoms with E-state index in [-0.39, 0.29) is 11.3 Å². The van der Waals surface area contributed by atoms with E-state index in [1.165, 1.54) is 12.1 Å². The number of halogens is 1. The summed E-state index contributed by atoms with van der Waals surface area (Å²) in [5, 5.41) is 27.5. The van der Waals surface area contributed by atoms with Gasteiger partial charge >= 0.3 is 0 Å². The van der Waals surface area contributed by atoms with Gasteiger partial charge in [-0.05, 0) is 37.1 Å². The lowest BCUT2D eigenvalue weighted by molar-refractivity contribution is 0.473. The van der Waals surface area contributed by atoms with Gasteiger partial charge in [0.2, 0.25) is 0 Å². The van der Waals surface area contributed by atoms with Crippen LogP contribution >= 0.6 is 11.6 Å². The second-order valence-corrected chi connectivity index (χ2v) is 3.72. The van der Waals surface area contributed by atoms with E-state index in [2.05, 4.69) is 0 Å². The summed E-state index contributed by atoms with van der Waals surface area (Å²) < 4.78 is 0. The lowest BCUT2D eigenvalue weighted by Crippen LogP contribution is -1.88. The maximum absolute atomic E-state index is 9.71. The van der Waals surface area contributed by atoms with Gasteiger partial charge in [0, 0.05) is 10.6 Å². The zero-order valence-corrected chi connectivity index (χ0v) is 9.63. The minimum Gasteiger partial charge on any atom is -0.507 e. The standard InChI is InChI=1S/C12H9ClN2O/c1-7-3-11(16)10(8(2)12(7)13)4-9(5-14)6-15/h3-4,16H,1-2H3. The van der Waals surface area contributed by atoms with Gasteiger partial charge in [-0.3, -0.25) is 0 Å². The highest BCUT2D eigenvalue weighted by Crippen LogP contribution is 2.32. The molecule has 0 fully saturated rings. The molecular formula is C12H9ClN2O. The predicted octanol–water partition coefficient (Wildman–Crippen LogP) is 3.09. The molecule has 0 aliphatic rings. The van der Waals surface area contributed by atoms with Gasteiger partial charge in [0.15, 0.2) is 0 Å². The van der Waals surface area contributed by atoms with Crippen LogP contribution in [-0.2, 0) is 0 Å². The van der Waals surface area contributed by atoms with Crippen molar-refractivity contribution in [3.8, 4) is 17.9 Å². The number of phenols is 1. The van der Waals surface area contributed by atoms with E-state index in [0.717, 1.165) is 5.56 Å². The minimum absolute atomic E-state index is 0.0161. The number of allylic oxidation sites excluding steroid dienone is 1. The Morgan fingerprint density at radius 1 is 1.38 bits per heavy atom. The maximum atomic E-state index is 9.71. The fraction of sp³-hybridized carbons (Fsp3) is 0.167. The number of rotatable bonds is 1. The first-order chi connectivity index (χ1) is 7.51. The van der Waals surface area contributed by atoms with Gasteiger partial charge in [-0.25, -0.2) is 0 Å². The van der Waals surface area contributed by atoms with Crippen LogP contribution in [0.5, 0.6) is 5.75 Å². The zero-order valence-electron chi connectivity index (χ0n) is 8.87. The van der Waals surface area contributed by atoms with Crippen molar-refractivity contribution in [2.24, 2.45) is 0 Å². The quantitative estimate of drug-likeness (QED) is 0.757. The molecule has 1 rings (SSSR count). The Bertz CT molecular complexity index is 532. The molecule has 0 aliphatic heterocycles. The third-order valence-electron chi connectivity index (χ3n) is 2.24. The molecule has 0 bridgehead atoms. The summed E-state index contributed by atoms with van der Waals surface area (Å²) in [5.41, 5.74) is 1.75. The number of phenolic OH excluding ortho intramolecular Hbond substituents is 1. The first-order valence-corrected chi connectivity index (χ1v) is 4.89. The summed E-state index contributed by atoms with van der Waals surface area (Å²) in [5.74, 6) is 0.0161. The van der Waals surface area contributed by atoms with Crippen LogP contribution in [0.3, 0.4) is 0 Å². The van der Waals surface area contributed by atoms with Crippen LogP contribution in [0.25, 0.3) is 6.08 Å². The van der Waals surface area contributed by atoms with Crippen LogP contribution in [-0.4, -0.2) is 5.11 Å². The molecule has 0 heterocycles. The molecular weight excluding hydrogens is 224 g/mol. The number of hydrogen-bond donors (Lipinski definition) is 1. The Labute approximate surface area is 98.8 Å².